The van der Waals surface area contributed by atoms with Crippen molar-refractivity contribution in [1.82, 2.24) is 29.5 Å². The SMILES string of the molecule is CC[C@@H](c1ccccc1)n1cc(NC(=O)n2ncc3ccc(-c4cncnc4)cc32)cn1. The molecular weight excluding hydrogens is 402 g/mol. The first-order valence-corrected chi connectivity index (χ1v) is 10.4. The van der Waals surface area contributed by atoms with E-state index in [0.29, 0.717) is 11.2 Å². The van der Waals surface area contributed by atoms with Crippen molar-refractivity contribution in [1.29, 1.82) is 0 Å². The zero-order chi connectivity index (χ0) is 21.9. The monoisotopic (exact) mass is 423 g/mol. The van der Waals surface area contributed by atoms with Crippen LogP contribution in [0.4, 0.5) is 10.5 Å². The maximum atomic E-state index is 13.0. The lowest BCUT2D eigenvalue weighted by atomic mass is 10.1. The quantitative estimate of drug-likeness (QED) is 0.440. The van der Waals surface area contributed by atoms with Crippen LogP contribution in [0.2, 0.25) is 0 Å². The van der Waals surface area contributed by atoms with Crippen LogP contribution in [0, 0.1) is 0 Å². The largest absolute Gasteiger partial charge is 0.347 e. The third kappa shape index (κ3) is 3.74. The number of anilines is 1. The molecule has 5 aromatic rings. The molecule has 3 aromatic heterocycles. The summed E-state index contributed by atoms with van der Waals surface area (Å²) < 4.78 is 3.23. The van der Waals surface area contributed by atoms with E-state index < -0.39 is 0 Å². The summed E-state index contributed by atoms with van der Waals surface area (Å²) in [5, 5.41) is 12.5. The van der Waals surface area contributed by atoms with Gasteiger partial charge in [0.15, 0.2) is 0 Å². The number of fused-ring (bicyclic) bond motifs is 1. The van der Waals surface area contributed by atoms with Crippen molar-refractivity contribution in [3.63, 3.8) is 0 Å². The molecule has 0 fully saturated rings. The Kier molecular flexibility index (Phi) is 5.17. The van der Waals surface area contributed by atoms with Crippen LogP contribution >= 0.6 is 0 Å². The number of amides is 1. The maximum absolute atomic E-state index is 13.0. The predicted octanol–water partition coefficient (Wildman–Crippen LogP) is 4.77. The molecule has 3 heterocycles. The Morgan fingerprint density at radius 1 is 0.969 bits per heavy atom. The fourth-order valence-electron chi connectivity index (χ4n) is 3.81. The molecule has 0 aliphatic carbocycles. The average Bonchev–Trinajstić information content (AvgIpc) is 3.47. The molecule has 0 aliphatic heterocycles. The van der Waals surface area contributed by atoms with Crippen LogP contribution in [0.1, 0.15) is 24.9 Å². The summed E-state index contributed by atoms with van der Waals surface area (Å²) >= 11 is 0. The lowest BCUT2D eigenvalue weighted by Gasteiger charge is -2.15. The Hall–Kier alpha value is -4.33. The second-order valence-electron chi connectivity index (χ2n) is 7.43. The molecule has 1 amide bonds. The van der Waals surface area contributed by atoms with E-state index in [-0.39, 0.29) is 12.1 Å². The molecule has 32 heavy (non-hydrogen) atoms. The fraction of sp³-hybridized carbons (Fsp3) is 0.125. The Morgan fingerprint density at radius 3 is 2.56 bits per heavy atom. The third-order valence-corrected chi connectivity index (χ3v) is 5.40. The van der Waals surface area contributed by atoms with Gasteiger partial charge in [-0.05, 0) is 23.6 Å². The van der Waals surface area contributed by atoms with Gasteiger partial charge in [-0.2, -0.15) is 14.9 Å². The van der Waals surface area contributed by atoms with Gasteiger partial charge >= 0.3 is 6.03 Å². The van der Waals surface area contributed by atoms with E-state index in [4.69, 9.17) is 0 Å². The second-order valence-corrected chi connectivity index (χ2v) is 7.43. The molecule has 0 spiro atoms. The molecule has 0 radical (unpaired) electrons. The summed E-state index contributed by atoms with van der Waals surface area (Å²) in [7, 11) is 0. The Labute approximate surface area is 184 Å². The van der Waals surface area contributed by atoms with Crippen LogP contribution in [0.3, 0.4) is 0 Å². The number of carbonyl (C=O) groups is 1. The molecule has 8 heteroatoms. The molecule has 0 bridgehead atoms. The number of carbonyl (C=O) groups excluding carboxylic acids is 1. The number of nitrogens with zero attached hydrogens (tertiary/aromatic N) is 6. The standard InChI is InChI=1S/C24H21N7O/c1-2-22(17-6-4-3-5-7-17)30-15-21(14-27-30)29-24(32)31-23-10-18(8-9-19(23)13-28-31)20-11-25-16-26-12-20/h3-16,22H,2H2,1H3,(H,29,32)/t22-/m0/s1. The van der Waals surface area contributed by atoms with E-state index in [1.807, 2.05) is 47.3 Å². The molecule has 2 aromatic carbocycles. The van der Waals surface area contributed by atoms with E-state index in [1.54, 1.807) is 24.8 Å². The minimum atomic E-state index is -0.353. The molecular formula is C24H21N7O. The highest BCUT2D eigenvalue weighted by atomic mass is 16.2. The number of rotatable bonds is 5. The zero-order valence-corrected chi connectivity index (χ0v) is 17.5. The van der Waals surface area contributed by atoms with Crippen molar-refractivity contribution < 1.29 is 4.79 Å². The van der Waals surface area contributed by atoms with Crippen molar-refractivity contribution in [2.24, 2.45) is 0 Å². The first kappa shape index (κ1) is 19.6. The summed E-state index contributed by atoms with van der Waals surface area (Å²) in [6.07, 6.45) is 11.0. The lowest BCUT2D eigenvalue weighted by Crippen LogP contribution is -2.20. The first-order valence-electron chi connectivity index (χ1n) is 10.4. The maximum Gasteiger partial charge on any atom is 0.347 e. The predicted molar refractivity (Wildman–Crippen MR) is 122 cm³/mol. The number of hydrogen-bond acceptors (Lipinski definition) is 5. The van der Waals surface area contributed by atoms with Crippen LogP contribution < -0.4 is 5.32 Å². The molecule has 0 unspecified atom stereocenters. The molecule has 0 aliphatic rings. The molecule has 8 nitrogen and oxygen atoms in total. The Bertz CT molecular complexity index is 1360. The van der Waals surface area contributed by atoms with Crippen molar-refractivity contribution in [3.05, 3.63) is 91.4 Å². The van der Waals surface area contributed by atoms with Crippen LogP contribution in [0.15, 0.2) is 85.8 Å². The highest BCUT2D eigenvalue weighted by Crippen LogP contribution is 2.25. The fourth-order valence-corrected chi connectivity index (χ4v) is 3.81. The van der Waals surface area contributed by atoms with Gasteiger partial charge in [0.05, 0.1) is 29.6 Å². The van der Waals surface area contributed by atoms with E-state index in [0.717, 1.165) is 22.9 Å². The molecule has 158 valence electrons. The van der Waals surface area contributed by atoms with Gasteiger partial charge in [0.25, 0.3) is 0 Å². The van der Waals surface area contributed by atoms with Crippen molar-refractivity contribution in [2.75, 3.05) is 5.32 Å². The van der Waals surface area contributed by atoms with Gasteiger partial charge in [0, 0.05) is 29.5 Å². The van der Waals surface area contributed by atoms with Gasteiger partial charge in [-0.1, -0.05) is 49.4 Å². The summed E-state index contributed by atoms with van der Waals surface area (Å²) in [6, 6.07) is 15.7. The normalized spacial score (nSPS) is 12.0. The van der Waals surface area contributed by atoms with E-state index in [9.17, 15) is 4.79 Å². The third-order valence-electron chi connectivity index (χ3n) is 5.40. The van der Waals surface area contributed by atoms with E-state index >= 15 is 0 Å². The van der Waals surface area contributed by atoms with Gasteiger partial charge in [0.1, 0.15) is 6.33 Å². The zero-order valence-electron chi connectivity index (χ0n) is 17.5. The van der Waals surface area contributed by atoms with E-state index in [1.165, 1.54) is 16.6 Å². The molecule has 1 atom stereocenters. The van der Waals surface area contributed by atoms with Gasteiger partial charge in [-0.15, -0.1) is 0 Å². The minimum absolute atomic E-state index is 0.100. The van der Waals surface area contributed by atoms with Crippen LogP contribution in [0.25, 0.3) is 22.0 Å². The van der Waals surface area contributed by atoms with Gasteiger partial charge in [-0.3, -0.25) is 4.68 Å². The highest BCUT2D eigenvalue weighted by molar-refractivity contribution is 5.98. The van der Waals surface area contributed by atoms with Crippen LogP contribution in [-0.4, -0.2) is 35.6 Å². The summed E-state index contributed by atoms with van der Waals surface area (Å²) in [4.78, 5) is 21.1. The summed E-state index contributed by atoms with van der Waals surface area (Å²) in [5.74, 6) is 0. The first-order chi connectivity index (χ1) is 15.7. The average molecular weight is 423 g/mol. The molecule has 1 N–H and O–H groups in total. The second kappa shape index (κ2) is 8.43. The Morgan fingerprint density at radius 2 is 1.78 bits per heavy atom. The van der Waals surface area contributed by atoms with Crippen LogP contribution in [0.5, 0.6) is 0 Å². The topological polar surface area (TPSA) is 90.5 Å². The van der Waals surface area contributed by atoms with Crippen molar-refractivity contribution in [2.45, 2.75) is 19.4 Å². The van der Waals surface area contributed by atoms with Crippen molar-refractivity contribution >= 4 is 22.6 Å². The van der Waals surface area contributed by atoms with Crippen LogP contribution in [-0.2, 0) is 0 Å². The minimum Gasteiger partial charge on any atom is -0.303 e. The molecule has 5 rings (SSSR count). The smallest absolute Gasteiger partial charge is 0.303 e. The molecule has 0 saturated carbocycles. The Balaban J connectivity index is 1.40. The highest BCUT2D eigenvalue weighted by Gasteiger charge is 2.16. The van der Waals surface area contributed by atoms with E-state index in [2.05, 4.69) is 44.5 Å². The number of benzene rings is 2. The number of aromatic nitrogens is 6. The number of hydrogen-bond donors (Lipinski definition) is 1. The lowest BCUT2D eigenvalue weighted by molar-refractivity contribution is 0.252. The summed E-state index contributed by atoms with van der Waals surface area (Å²) in [5.41, 5.74) is 4.27. The van der Waals surface area contributed by atoms with Gasteiger partial charge < -0.3 is 5.32 Å². The van der Waals surface area contributed by atoms with Gasteiger partial charge in [0.2, 0.25) is 0 Å². The van der Waals surface area contributed by atoms with Crippen molar-refractivity contribution in [3.8, 4) is 11.1 Å². The summed E-state index contributed by atoms with van der Waals surface area (Å²) in [6.45, 7) is 2.11. The number of nitrogens with one attached hydrogen (secondary N) is 1. The molecule has 0 saturated heterocycles. The van der Waals surface area contributed by atoms with Gasteiger partial charge in [-0.25, -0.2) is 14.8 Å².